The highest BCUT2D eigenvalue weighted by molar-refractivity contribution is 6.31. The van der Waals surface area contributed by atoms with Crippen LogP contribution in [0.15, 0.2) is 0 Å². The third kappa shape index (κ3) is 3.39. The lowest BCUT2D eigenvalue weighted by Crippen LogP contribution is -2.19. The van der Waals surface area contributed by atoms with Crippen LogP contribution < -0.4 is 0 Å². The van der Waals surface area contributed by atoms with Crippen molar-refractivity contribution in [3.8, 4) is 0 Å². The fourth-order valence-electron chi connectivity index (χ4n) is 1.34. The Labute approximate surface area is 104 Å². The summed E-state index contributed by atoms with van der Waals surface area (Å²) < 4.78 is 6.29. The minimum absolute atomic E-state index is 0.0453. The van der Waals surface area contributed by atoms with E-state index in [1.165, 1.54) is 11.8 Å². The summed E-state index contributed by atoms with van der Waals surface area (Å²) in [5.74, 6) is 0. The summed E-state index contributed by atoms with van der Waals surface area (Å²) in [7, 11) is 5.26. The monoisotopic (exact) mass is 262 g/mol. The number of rotatable bonds is 6. The van der Waals surface area contributed by atoms with Crippen molar-refractivity contribution in [3.63, 3.8) is 0 Å². The summed E-state index contributed by atoms with van der Waals surface area (Å²) in [6, 6.07) is 0. The van der Waals surface area contributed by atoms with Crippen molar-refractivity contribution in [2.75, 3.05) is 27.7 Å². The molecule has 17 heavy (non-hydrogen) atoms. The molecule has 8 heteroatoms. The molecule has 1 rings (SSSR count). The SMILES string of the molecule is COCc1nn(CCN(C)C)c(Cl)c1[N+](=O)[O-]. The van der Waals surface area contributed by atoms with E-state index in [4.69, 9.17) is 16.3 Å². The summed E-state index contributed by atoms with van der Waals surface area (Å²) in [5.41, 5.74) is 0.0773. The fraction of sp³-hybridized carbons (Fsp3) is 0.667. The first-order valence-electron chi connectivity index (χ1n) is 5.00. The van der Waals surface area contributed by atoms with E-state index in [1.807, 2.05) is 19.0 Å². The zero-order chi connectivity index (χ0) is 13.0. The van der Waals surface area contributed by atoms with Crippen LogP contribution in [0.25, 0.3) is 0 Å². The molecule has 1 aromatic heterocycles. The van der Waals surface area contributed by atoms with E-state index < -0.39 is 4.92 Å². The molecule has 0 bridgehead atoms. The molecule has 0 aliphatic carbocycles. The third-order valence-corrected chi connectivity index (χ3v) is 2.53. The molecule has 96 valence electrons. The largest absolute Gasteiger partial charge is 0.378 e. The molecule has 0 aliphatic heterocycles. The number of nitrogens with zero attached hydrogens (tertiary/aromatic N) is 4. The first kappa shape index (κ1) is 13.9. The molecule has 0 radical (unpaired) electrons. The van der Waals surface area contributed by atoms with E-state index in [9.17, 15) is 10.1 Å². The number of methoxy groups -OCH3 is 1. The maximum absolute atomic E-state index is 10.9. The molecule has 7 nitrogen and oxygen atoms in total. The maximum Gasteiger partial charge on any atom is 0.331 e. The molecular formula is C9H15ClN4O3. The van der Waals surface area contributed by atoms with Crippen molar-refractivity contribution >= 4 is 17.3 Å². The smallest absolute Gasteiger partial charge is 0.331 e. The van der Waals surface area contributed by atoms with Crippen LogP contribution in [0.5, 0.6) is 0 Å². The van der Waals surface area contributed by atoms with Crippen molar-refractivity contribution in [1.82, 2.24) is 14.7 Å². The average Bonchev–Trinajstić information content (AvgIpc) is 2.52. The highest BCUT2D eigenvalue weighted by atomic mass is 35.5. The Bertz CT molecular complexity index is 405. The molecular weight excluding hydrogens is 248 g/mol. The van der Waals surface area contributed by atoms with Crippen LogP contribution in [-0.4, -0.2) is 47.4 Å². The number of ether oxygens (including phenoxy) is 1. The van der Waals surface area contributed by atoms with Crippen LogP contribution in [0, 0.1) is 10.1 Å². The van der Waals surface area contributed by atoms with E-state index in [2.05, 4.69) is 5.10 Å². The van der Waals surface area contributed by atoms with Gasteiger partial charge < -0.3 is 9.64 Å². The molecule has 0 aliphatic rings. The molecule has 0 saturated heterocycles. The molecule has 0 unspecified atom stereocenters. The zero-order valence-electron chi connectivity index (χ0n) is 10.0. The topological polar surface area (TPSA) is 73.4 Å². The van der Waals surface area contributed by atoms with Crippen LogP contribution in [0.4, 0.5) is 5.69 Å². The Morgan fingerprint density at radius 1 is 1.59 bits per heavy atom. The van der Waals surface area contributed by atoms with Gasteiger partial charge in [-0.25, -0.2) is 4.68 Å². The lowest BCUT2D eigenvalue weighted by Gasteiger charge is -2.09. The molecule has 0 spiro atoms. The number of hydrogen-bond acceptors (Lipinski definition) is 5. The lowest BCUT2D eigenvalue weighted by molar-refractivity contribution is -0.385. The quantitative estimate of drug-likeness (QED) is 0.568. The van der Waals surface area contributed by atoms with Gasteiger partial charge in [-0.1, -0.05) is 11.6 Å². The van der Waals surface area contributed by atoms with Crippen molar-refractivity contribution in [3.05, 3.63) is 21.0 Å². The van der Waals surface area contributed by atoms with Crippen LogP contribution in [0.3, 0.4) is 0 Å². The van der Waals surface area contributed by atoms with Gasteiger partial charge in [-0.15, -0.1) is 0 Å². The zero-order valence-corrected chi connectivity index (χ0v) is 10.8. The van der Waals surface area contributed by atoms with Crippen LogP contribution in [-0.2, 0) is 17.9 Å². The van der Waals surface area contributed by atoms with E-state index in [-0.39, 0.29) is 23.1 Å². The molecule has 0 aromatic carbocycles. The van der Waals surface area contributed by atoms with Crippen molar-refractivity contribution < 1.29 is 9.66 Å². The Balaban J connectivity index is 2.99. The molecule has 0 fully saturated rings. The van der Waals surface area contributed by atoms with Crippen molar-refractivity contribution in [2.45, 2.75) is 13.2 Å². The van der Waals surface area contributed by atoms with Gasteiger partial charge in [0, 0.05) is 13.7 Å². The summed E-state index contributed by atoms with van der Waals surface area (Å²) >= 11 is 5.93. The second-order valence-corrected chi connectivity index (χ2v) is 4.16. The second-order valence-electron chi connectivity index (χ2n) is 3.80. The Morgan fingerprint density at radius 2 is 2.24 bits per heavy atom. The molecule has 0 saturated carbocycles. The maximum atomic E-state index is 10.9. The van der Waals surface area contributed by atoms with E-state index in [0.717, 1.165) is 0 Å². The van der Waals surface area contributed by atoms with E-state index in [1.54, 1.807) is 0 Å². The highest BCUT2D eigenvalue weighted by Crippen LogP contribution is 2.28. The summed E-state index contributed by atoms with van der Waals surface area (Å²) in [4.78, 5) is 12.3. The number of aromatic nitrogens is 2. The van der Waals surface area contributed by atoms with Crippen LogP contribution in [0.2, 0.25) is 5.15 Å². The molecule has 0 amide bonds. The number of likely N-dealkylation sites (N-methyl/N-ethyl adjacent to an activating group) is 1. The molecule has 0 N–H and O–H groups in total. The van der Waals surface area contributed by atoms with Gasteiger partial charge in [-0.3, -0.25) is 10.1 Å². The average molecular weight is 263 g/mol. The summed E-state index contributed by atoms with van der Waals surface area (Å²) in [6.07, 6.45) is 0. The van der Waals surface area contributed by atoms with E-state index >= 15 is 0 Å². The normalized spacial score (nSPS) is 11.1. The highest BCUT2D eigenvalue weighted by Gasteiger charge is 2.26. The third-order valence-electron chi connectivity index (χ3n) is 2.16. The molecule has 1 heterocycles. The van der Waals surface area contributed by atoms with Gasteiger partial charge in [-0.2, -0.15) is 5.10 Å². The second kappa shape index (κ2) is 5.95. The van der Waals surface area contributed by atoms with Crippen LogP contribution in [0.1, 0.15) is 5.69 Å². The number of halogens is 1. The predicted molar refractivity (Wildman–Crippen MR) is 63.2 cm³/mol. The van der Waals surface area contributed by atoms with Gasteiger partial charge in [-0.05, 0) is 14.1 Å². The van der Waals surface area contributed by atoms with Crippen molar-refractivity contribution in [1.29, 1.82) is 0 Å². The standard InChI is InChI=1S/C9H15ClN4O3/c1-12(2)4-5-13-9(10)8(14(15)16)7(11-13)6-17-3/h4-6H2,1-3H3. The minimum atomic E-state index is -0.532. The minimum Gasteiger partial charge on any atom is -0.378 e. The van der Waals surface area contributed by atoms with E-state index in [0.29, 0.717) is 13.1 Å². The van der Waals surface area contributed by atoms with Gasteiger partial charge in [0.05, 0.1) is 18.1 Å². The van der Waals surface area contributed by atoms with Gasteiger partial charge >= 0.3 is 5.69 Å². The Hall–Kier alpha value is -1.18. The number of hydrogen-bond donors (Lipinski definition) is 0. The van der Waals surface area contributed by atoms with Gasteiger partial charge in [0.15, 0.2) is 5.69 Å². The lowest BCUT2D eigenvalue weighted by atomic mass is 10.4. The predicted octanol–water partition coefficient (Wildman–Crippen LogP) is 1.15. The molecule has 0 atom stereocenters. The first-order chi connectivity index (χ1) is 7.97. The summed E-state index contributed by atoms with van der Waals surface area (Å²) in [6.45, 7) is 1.27. The molecule has 1 aromatic rings. The summed E-state index contributed by atoms with van der Waals surface area (Å²) in [5, 5.41) is 15.0. The van der Waals surface area contributed by atoms with Crippen molar-refractivity contribution in [2.24, 2.45) is 0 Å². The van der Waals surface area contributed by atoms with Gasteiger partial charge in [0.2, 0.25) is 5.15 Å². The Kier molecular flexibility index (Phi) is 4.86. The van der Waals surface area contributed by atoms with Gasteiger partial charge in [0.25, 0.3) is 0 Å². The van der Waals surface area contributed by atoms with Crippen LogP contribution >= 0.6 is 11.6 Å². The van der Waals surface area contributed by atoms with Gasteiger partial charge in [0.1, 0.15) is 0 Å². The fourth-order valence-corrected chi connectivity index (χ4v) is 1.64. The first-order valence-corrected chi connectivity index (χ1v) is 5.38. The Morgan fingerprint density at radius 3 is 2.71 bits per heavy atom. The number of nitro groups is 1.